The summed E-state index contributed by atoms with van der Waals surface area (Å²) in [6.07, 6.45) is 4.94. The number of anilines is 3. The molecule has 0 radical (unpaired) electrons. The number of rotatable bonds is 4. The minimum absolute atomic E-state index is 0.500. The zero-order chi connectivity index (χ0) is 18.6. The highest BCUT2D eigenvalue weighted by atomic mass is 16.5. The largest absolute Gasteiger partial charge is 0.381 e. The average Bonchev–Trinajstić information content (AvgIpc) is 3.15. The molecule has 1 unspecified atom stereocenters. The van der Waals surface area contributed by atoms with Gasteiger partial charge in [0.15, 0.2) is 0 Å². The molecule has 1 N–H and O–H groups in total. The zero-order valence-corrected chi connectivity index (χ0v) is 15.7. The molecule has 6 heteroatoms. The molecule has 1 atom stereocenters. The molecule has 0 spiro atoms. The van der Waals surface area contributed by atoms with Crippen molar-refractivity contribution in [3.63, 3.8) is 0 Å². The van der Waals surface area contributed by atoms with Gasteiger partial charge in [-0.3, -0.25) is 0 Å². The van der Waals surface area contributed by atoms with Crippen LogP contribution in [0, 0.1) is 17.2 Å². The predicted octanol–water partition coefficient (Wildman–Crippen LogP) is 3.83. The normalized spacial score (nSPS) is 20.4. The highest BCUT2D eigenvalue weighted by molar-refractivity contribution is 5.59. The van der Waals surface area contributed by atoms with Gasteiger partial charge in [0.25, 0.3) is 0 Å². The number of hydrogen-bond donors (Lipinski definition) is 1. The van der Waals surface area contributed by atoms with Gasteiger partial charge in [-0.25, -0.2) is 9.97 Å². The number of pyridine rings is 2. The first kappa shape index (κ1) is 17.7. The van der Waals surface area contributed by atoms with E-state index < -0.39 is 0 Å². The fourth-order valence-corrected chi connectivity index (χ4v) is 3.87. The Kier molecular flexibility index (Phi) is 5.21. The molecular formula is C21H25N5O. The van der Waals surface area contributed by atoms with Gasteiger partial charge in [0.05, 0.1) is 11.6 Å². The van der Waals surface area contributed by atoms with Gasteiger partial charge in [-0.15, -0.1) is 0 Å². The molecule has 2 fully saturated rings. The van der Waals surface area contributed by atoms with Gasteiger partial charge in [0, 0.05) is 32.5 Å². The number of nitrogens with one attached hydrogen (secondary N) is 1. The molecule has 0 bridgehead atoms. The average molecular weight is 363 g/mol. The van der Waals surface area contributed by atoms with Crippen molar-refractivity contribution >= 4 is 17.5 Å². The summed E-state index contributed by atoms with van der Waals surface area (Å²) in [5.74, 6) is 3.66. The molecule has 2 aliphatic rings. The molecule has 0 aromatic carbocycles. The summed E-state index contributed by atoms with van der Waals surface area (Å²) in [5.41, 5.74) is 1.89. The lowest BCUT2D eigenvalue weighted by atomic mass is 9.92. The third-order valence-corrected chi connectivity index (χ3v) is 5.42. The van der Waals surface area contributed by atoms with Crippen LogP contribution in [0.2, 0.25) is 0 Å². The van der Waals surface area contributed by atoms with Crippen LogP contribution in [0.4, 0.5) is 17.5 Å². The van der Waals surface area contributed by atoms with E-state index in [9.17, 15) is 0 Å². The smallest absolute Gasteiger partial charge is 0.134 e. The second kappa shape index (κ2) is 7.93. The predicted molar refractivity (Wildman–Crippen MR) is 105 cm³/mol. The Bertz CT molecular complexity index is 818. The van der Waals surface area contributed by atoms with Crippen molar-refractivity contribution in [3.05, 3.63) is 41.6 Å². The molecule has 6 nitrogen and oxygen atoms in total. The lowest BCUT2D eigenvalue weighted by molar-refractivity contribution is 0.0853. The molecule has 0 aliphatic carbocycles. The summed E-state index contributed by atoms with van der Waals surface area (Å²) in [6.45, 7) is 6.02. The molecule has 140 valence electrons. The van der Waals surface area contributed by atoms with Gasteiger partial charge in [0.2, 0.25) is 0 Å². The maximum atomic E-state index is 9.12. The molecule has 27 heavy (non-hydrogen) atoms. The summed E-state index contributed by atoms with van der Waals surface area (Å²) < 4.78 is 5.53. The van der Waals surface area contributed by atoms with Crippen molar-refractivity contribution in [2.75, 3.05) is 36.5 Å². The van der Waals surface area contributed by atoms with Crippen LogP contribution in [-0.4, -0.2) is 36.3 Å². The molecule has 2 saturated heterocycles. The first-order valence-electron chi connectivity index (χ1n) is 9.69. The van der Waals surface area contributed by atoms with Crippen LogP contribution in [0.1, 0.15) is 43.2 Å². The van der Waals surface area contributed by atoms with Gasteiger partial charge in [-0.1, -0.05) is 6.92 Å². The van der Waals surface area contributed by atoms with E-state index >= 15 is 0 Å². The van der Waals surface area contributed by atoms with E-state index in [1.165, 1.54) is 12.0 Å². The van der Waals surface area contributed by atoms with E-state index in [0.29, 0.717) is 23.2 Å². The van der Waals surface area contributed by atoms with Gasteiger partial charge in [-0.05, 0) is 60.9 Å². The molecule has 0 saturated carbocycles. The fraction of sp³-hybridized carbons (Fsp3) is 0.476. The third-order valence-electron chi connectivity index (χ3n) is 5.42. The van der Waals surface area contributed by atoms with Crippen molar-refractivity contribution in [3.8, 4) is 6.07 Å². The molecule has 0 amide bonds. The highest BCUT2D eigenvalue weighted by Gasteiger charge is 2.23. The van der Waals surface area contributed by atoms with Crippen LogP contribution in [-0.2, 0) is 4.74 Å². The van der Waals surface area contributed by atoms with Gasteiger partial charge in [0.1, 0.15) is 17.5 Å². The summed E-state index contributed by atoms with van der Waals surface area (Å²) >= 11 is 0. The molecule has 4 heterocycles. The molecule has 2 aliphatic heterocycles. The van der Waals surface area contributed by atoms with Crippen molar-refractivity contribution in [1.82, 2.24) is 9.97 Å². The Morgan fingerprint density at radius 1 is 1.19 bits per heavy atom. The Balaban J connectivity index is 1.65. The Morgan fingerprint density at radius 3 is 2.78 bits per heavy atom. The summed E-state index contributed by atoms with van der Waals surface area (Å²) in [4.78, 5) is 11.6. The lowest BCUT2D eigenvalue weighted by Gasteiger charge is -2.25. The van der Waals surface area contributed by atoms with E-state index in [2.05, 4.69) is 40.3 Å². The van der Waals surface area contributed by atoms with Gasteiger partial charge >= 0.3 is 0 Å². The monoisotopic (exact) mass is 363 g/mol. The lowest BCUT2D eigenvalue weighted by Crippen LogP contribution is -2.22. The minimum atomic E-state index is 0.500. The van der Waals surface area contributed by atoms with Crippen molar-refractivity contribution in [2.45, 2.75) is 32.1 Å². The third kappa shape index (κ3) is 4.20. The van der Waals surface area contributed by atoms with Crippen molar-refractivity contribution in [2.24, 2.45) is 5.92 Å². The summed E-state index contributed by atoms with van der Waals surface area (Å²) in [6, 6.07) is 9.98. The van der Waals surface area contributed by atoms with Crippen LogP contribution in [0.15, 0.2) is 30.5 Å². The van der Waals surface area contributed by atoms with E-state index in [-0.39, 0.29) is 0 Å². The molecule has 2 aromatic heterocycles. The maximum absolute atomic E-state index is 9.12. The quantitative estimate of drug-likeness (QED) is 0.890. The molecular weight excluding hydrogens is 338 g/mol. The number of hydrogen-bond acceptors (Lipinski definition) is 6. The minimum Gasteiger partial charge on any atom is -0.381 e. The summed E-state index contributed by atoms with van der Waals surface area (Å²) in [7, 11) is 0. The van der Waals surface area contributed by atoms with E-state index in [0.717, 1.165) is 50.8 Å². The Labute approximate surface area is 160 Å². The molecule has 2 aromatic rings. The highest BCUT2D eigenvalue weighted by Crippen LogP contribution is 2.33. The van der Waals surface area contributed by atoms with Crippen LogP contribution in [0.3, 0.4) is 0 Å². The molecule has 4 rings (SSSR count). The van der Waals surface area contributed by atoms with Gasteiger partial charge in [-0.2, -0.15) is 5.26 Å². The van der Waals surface area contributed by atoms with Gasteiger partial charge < -0.3 is 15.0 Å². The Morgan fingerprint density at radius 2 is 2.04 bits per heavy atom. The van der Waals surface area contributed by atoms with Crippen molar-refractivity contribution in [1.29, 1.82) is 5.26 Å². The number of aromatic nitrogens is 2. The van der Waals surface area contributed by atoms with E-state index in [4.69, 9.17) is 15.0 Å². The summed E-state index contributed by atoms with van der Waals surface area (Å²) in [5, 5.41) is 12.4. The van der Waals surface area contributed by atoms with E-state index in [1.807, 2.05) is 0 Å². The number of ether oxygens (including phenoxy) is 1. The SMILES string of the molecule is CC1CCN(c2cc(C3CCOCC3)cc(Nc3cc(C#N)ccn3)n2)C1. The first-order chi connectivity index (χ1) is 13.2. The van der Waals surface area contributed by atoms with Crippen molar-refractivity contribution < 1.29 is 4.74 Å². The van der Waals surface area contributed by atoms with E-state index in [1.54, 1.807) is 18.3 Å². The van der Waals surface area contributed by atoms with Crippen LogP contribution in [0.25, 0.3) is 0 Å². The zero-order valence-electron chi connectivity index (χ0n) is 15.7. The van der Waals surface area contributed by atoms with Crippen LogP contribution in [0.5, 0.6) is 0 Å². The number of nitrogens with zero attached hydrogens (tertiary/aromatic N) is 4. The first-order valence-corrected chi connectivity index (χ1v) is 9.69. The second-order valence-electron chi connectivity index (χ2n) is 7.54. The maximum Gasteiger partial charge on any atom is 0.134 e. The fourth-order valence-electron chi connectivity index (χ4n) is 3.87. The van der Waals surface area contributed by atoms with Crippen LogP contribution >= 0.6 is 0 Å². The number of nitriles is 1. The Hall–Kier alpha value is -2.65. The van der Waals surface area contributed by atoms with Crippen LogP contribution < -0.4 is 10.2 Å². The second-order valence-corrected chi connectivity index (χ2v) is 7.54. The standard InChI is InChI=1S/C21H25N5O/c1-15-3-7-26(14-15)21-12-18(17-4-8-27-9-5-17)11-20(25-21)24-19-10-16(13-22)2-6-23-19/h2,6,10-12,15,17H,3-5,7-9,14H2,1H3,(H,23,24,25). The topological polar surface area (TPSA) is 74.1 Å².